The molecular formula is C21H28N2O3S2. The molecule has 0 spiro atoms. The molecule has 0 fully saturated rings. The molecule has 7 heteroatoms. The van der Waals surface area contributed by atoms with Crippen molar-refractivity contribution in [1.29, 1.82) is 0 Å². The molecule has 5 nitrogen and oxygen atoms in total. The number of carbonyl (C=O) groups excluding carboxylic acids is 1. The van der Waals surface area contributed by atoms with Crippen molar-refractivity contribution in [3.63, 3.8) is 0 Å². The zero-order valence-corrected chi connectivity index (χ0v) is 18.7. The number of amides is 1. The van der Waals surface area contributed by atoms with Crippen LogP contribution in [0.1, 0.15) is 30.5 Å². The van der Waals surface area contributed by atoms with Crippen molar-refractivity contribution in [2.45, 2.75) is 44.4 Å². The van der Waals surface area contributed by atoms with Gasteiger partial charge in [0.15, 0.2) is 0 Å². The van der Waals surface area contributed by atoms with Gasteiger partial charge in [0.05, 0.1) is 10.6 Å². The lowest BCUT2D eigenvalue weighted by atomic mass is 10.1. The Kier molecular flexibility index (Phi) is 7.69. The van der Waals surface area contributed by atoms with E-state index < -0.39 is 10.0 Å². The van der Waals surface area contributed by atoms with Crippen LogP contribution in [0.15, 0.2) is 46.2 Å². The number of hydrogen-bond acceptors (Lipinski definition) is 4. The molecule has 0 radical (unpaired) electrons. The van der Waals surface area contributed by atoms with Crippen LogP contribution < -0.4 is 5.32 Å². The van der Waals surface area contributed by atoms with Crippen LogP contribution in [0.25, 0.3) is 0 Å². The molecule has 2 aromatic carbocycles. The molecule has 0 saturated carbocycles. The first-order valence-corrected chi connectivity index (χ1v) is 11.7. The second-order valence-electron chi connectivity index (χ2n) is 6.65. The van der Waals surface area contributed by atoms with E-state index in [1.165, 1.54) is 21.6 Å². The number of sulfonamides is 1. The van der Waals surface area contributed by atoms with Gasteiger partial charge < -0.3 is 5.32 Å². The number of hydrogen-bond donors (Lipinski definition) is 1. The molecule has 0 aromatic heterocycles. The van der Waals surface area contributed by atoms with Crippen molar-refractivity contribution in [2.24, 2.45) is 0 Å². The van der Waals surface area contributed by atoms with Gasteiger partial charge in [-0.2, -0.15) is 4.31 Å². The maximum Gasteiger partial charge on any atom is 0.243 e. The number of rotatable bonds is 8. The zero-order chi connectivity index (χ0) is 20.9. The smallest absolute Gasteiger partial charge is 0.243 e. The predicted octanol–water partition coefficient (Wildman–Crippen LogP) is 4.37. The number of nitrogens with zero attached hydrogens (tertiary/aromatic N) is 1. The highest BCUT2D eigenvalue weighted by Gasteiger charge is 2.23. The van der Waals surface area contributed by atoms with Crippen molar-refractivity contribution < 1.29 is 13.2 Å². The standard InChI is InChI=1S/C21H28N2O3S2/c1-6-23(7-2)28(25,26)19-12-16(4)17(5)20(13-19)22-21(24)14-27-18-10-8-15(3)9-11-18/h8-13H,6-7,14H2,1-5H3,(H,22,24). The lowest BCUT2D eigenvalue weighted by molar-refractivity contribution is -0.113. The van der Waals surface area contributed by atoms with E-state index in [4.69, 9.17) is 0 Å². The second-order valence-corrected chi connectivity index (χ2v) is 9.64. The Morgan fingerprint density at radius 3 is 2.21 bits per heavy atom. The molecule has 2 rings (SSSR count). The molecule has 1 N–H and O–H groups in total. The minimum Gasteiger partial charge on any atom is -0.325 e. The Labute approximate surface area is 172 Å². The van der Waals surface area contributed by atoms with E-state index in [1.807, 2.05) is 58.9 Å². The van der Waals surface area contributed by atoms with Crippen LogP contribution in [-0.2, 0) is 14.8 Å². The molecule has 0 aliphatic heterocycles. The van der Waals surface area contributed by atoms with E-state index in [2.05, 4.69) is 5.32 Å². The molecule has 0 aliphatic carbocycles. The monoisotopic (exact) mass is 420 g/mol. The Morgan fingerprint density at radius 2 is 1.64 bits per heavy atom. The molecule has 0 bridgehead atoms. The second kappa shape index (κ2) is 9.58. The molecule has 0 atom stereocenters. The summed E-state index contributed by atoms with van der Waals surface area (Å²) in [5, 5.41) is 2.88. The summed E-state index contributed by atoms with van der Waals surface area (Å²) in [5.74, 6) is 0.0969. The van der Waals surface area contributed by atoms with Crippen molar-refractivity contribution in [1.82, 2.24) is 4.31 Å². The van der Waals surface area contributed by atoms with Crippen LogP contribution in [0.5, 0.6) is 0 Å². The molecule has 0 unspecified atom stereocenters. The predicted molar refractivity (Wildman–Crippen MR) is 117 cm³/mol. The van der Waals surface area contributed by atoms with Gasteiger partial charge in [0.2, 0.25) is 15.9 Å². The minimum absolute atomic E-state index is 0.162. The van der Waals surface area contributed by atoms with E-state index in [9.17, 15) is 13.2 Å². The molecular weight excluding hydrogens is 392 g/mol. The summed E-state index contributed by atoms with van der Waals surface area (Å²) in [4.78, 5) is 13.7. The summed E-state index contributed by atoms with van der Waals surface area (Å²) in [7, 11) is -3.58. The van der Waals surface area contributed by atoms with E-state index >= 15 is 0 Å². The molecule has 152 valence electrons. The summed E-state index contributed by atoms with van der Waals surface area (Å²) in [6, 6.07) is 11.2. The van der Waals surface area contributed by atoms with Crippen molar-refractivity contribution in [3.8, 4) is 0 Å². The first-order chi connectivity index (χ1) is 13.2. The van der Waals surface area contributed by atoms with Crippen molar-refractivity contribution in [2.75, 3.05) is 24.2 Å². The first kappa shape index (κ1) is 22.5. The van der Waals surface area contributed by atoms with Gasteiger partial charge in [-0.3, -0.25) is 4.79 Å². The van der Waals surface area contributed by atoms with Crippen LogP contribution in [-0.4, -0.2) is 37.5 Å². The SMILES string of the molecule is CCN(CC)S(=O)(=O)c1cc(C)c(C)c(NC(=O)CSc2ccc(C)cc2)c1. The average Bonchev–Trinajstić information content (AvgIpc) is 2.65. The average molecular weight is 421 g/mol. The van der Waals surface area contributed by atoms with Crippen LogP contribution in [0.2, 0.25) is 0 Å². The lowest BCUT2D eigenvalue weighted by Gasteiger charge is -2.20. The molecule has 0 aliphatic rings. The number of anilines is 1. The lowest BCUT2D eigenvalue weighted by Crippen LogP contribution is -2.30. The van der Waals surface area contributed by atoms with Crippen molar-refractivity contribution >= 4 is 33.4 Å². The fourth-order valence-electron chi connectivity index (χ4n) is 2.79. The maximum absolute atomic E-state index is 12.8. The largest absolute Gasteiger partial charge is 0.325 e. The summed E-state index contributed by atoms with van der Waals surface area (Å²) in [6.07, 6.45) is 0. The molecule has 0 heterocycles. The van der Waals surface area contributed by atoms with Gasteiger partial charge >= 0.3 is 0 Å². The summed E-state index contributed by atoms with van der Waals surface area (Å²) >= 11 is 1.45. The highest BCUT2D eigenvalue weighted by molar-refractivity contribution is 8.00. The molecule has 1 amide bonds. The van der Waals surface area contributed by atoms with Gasteiger partial charge in [0, 0.05) is 23.7 Å². The fraction of sp³-hybridized carbons (Fsp3) is 0.381. The van der Waals surface area contributed by atoms with Gasteiger partial charge in [0.1, 0.15) is 0 Å². The number of nitrogens with one attached hydrogen (secondary N) is 1. The summed E-state index contributed by atoms with van der Waals surface area (Å²) in [5.41, 5.74) is 3.41. The van der Waals surface area contributed by atoms with E-state index in [0.29, 0.717) is 18.8 Å². The third-order valence-electron chi connectivity index (χ3n) is 4.65. The number of thioether (sulfide) groups is 1. The fourth-order valence-corrected chi connectivity index (χ4v) is 5.06. The van der Waals surface area contributed by atoms with E-state index in [0.717, 1.165) is 16.0 Å². The van der Waals surface area contributed by atoms with E-state index in [-0.39, 0.29) is 16.6 Å². The summed E-state index contributed by atoms with van der Waals surface area (Å²) < 4.78 is 27.1. The number of carbonyl (C=O) groups is 1. The summed E-state index contributed by atoms with van der Waals surface area (Å²) in [6.45, 7) is 10.2. The van der Waals surface area contributed by atoms with Crippen LogP contribution >= 0.6 is 11.8 Å². The Hall–Kier alpha value is -1.83. The Balaban J connectivity index is 2.19. The highest BCUT2D eigenvalue weighted by Crippen LogP contribution is 2.27. The minimum atomic E-state index is -3.58. The normalized spacial score (nSPS) is 11.6. The number of aryl methyl sites for hydroxylation is 2. The molecule has 2 aromatic rings. The van der Waals surface area contributed by atoms with Crippen LogP contribution in [0, 0.1) is 20.8 Å². The Bertz CT molecular complexity index is 935. The topological polar surface area (TPSA) is 66.5 Å². The third-order valence-corrected chi connectivity index (χ3v) is 7.69. The van der Waals surface area contributed by atoms with Gasteiger partial charge in [0.25, 0.3) is 0 Å². The van der Waals surface area contributed by atoms with Crippen molar-refractivity contribution in [3.05, 3.63) is 53.1 Å². The van der Waals surface area contributed by atoms with Gasteiger partial charge in [-0.15, -0.1) is 11.8 Å². The first-order valence-electron chi connectivity index (χ1n) is 9.29. The van der Waals surface area contributed by atoms with Gasteiger partial charge in [-0.05, 0) is 56.2 Å². The highest BCUT2D eigenvalue weighted by atomic mass is 32.2. The molecule has 28 heavy (non-hydrogen) atoms. The Morgan fingerprint density at radius 1 is 1.04 bits per heavy atom. The van der Waals surface area contributed by atoms with Gasteiger partial charge in [-0.1, -0.05) is 31.5 Å². The maximum atomic E-state index is 12.8. The number of benzene rings is 2. The third kappa shape index (κ3) is 5.37. The zero-order valence-electron chi connectivity index (χ0n) is 17.1. The van der Waals surface area contributed by atoms with Crippen LogP contribution in [0.4, 0.5) is 5.69 Å². The molecule has 0 saturated heterocycles. The van der Waals surface area contributed by atoms with Crippen LogP contribution in [0.3, 0.4) is 0 Å². The quantitative estimate of drug-likeness (QED) is 0.644. The van der Waals surface area contributed by atoms with Gasteiger partial charge in [-0.25, -0.2) is 8.42 Å². The van der Waals surface area contributed by atoms with E-state index in [1.54, 1.807) is 12.1 Å².